The van der Waals surface area contributed by atoms with Gasteiger partial charge in [0.1, 0.15) is 10.7 Å². The lowest BCUT2D eigenvalue weighted by Crippen LogP contribution is -2.48. The van der Waals surface area contributed by atoms with Crippen LogP contribution in [-0.2, 0) is 16.3 Å². The Balaban J connectivity index is 1.91. The highest BCUT2D eigenvalue weighted by atomic mass is 32.2. The minimum Gasteiger partial charge on any atom is -0.462 e. The second kappa shape index (κ2) is 4.36. The first-order valence-electron chi connectivity index (χ1n) is 7.04. The monoisotopic (exact) mass is 313 g/mol. The van der Waals surface area contributed by atoms with Gasteiger partial charge < -0.3 is 10.1 Å². The van der Waals surface area contributed by atoms with E-state index in [0.29, 0.717) is 12.2 Å². The molecule has 0 saturated heterocycles. The summed E-state index contributed by atoms with van der Waals surface area (Å²) in [6.07, 6.45) is 3.42. The number of sulfone groups is 1. The third-order valence-corrected chi connectivity index (χ3v) is 5.33. The molecule has 0 amide bonds. The fourth-order valence-corrected chi connectivity index (χ4v) is 4.24. The Hall–Kier alpha value is -2.27. The van der Waals surface area contributed by atoms with Crippen molar-refractivity contribution in [3.63, 3.8) is 0 Å². The van der Waals surface area contributed by atoms with Gasteiger partial charge in [-0.05, 0) is 23.8 Å². The number of benzene rings is 2. The van der Waals surface area contributed by atoms with Gasteiger partial charge in [0.05, 0.1) is 0 Å². The van der Waals surface area contributed by atoms with Crippen LogP contribution in [0.3, 0.4) is 0 Å². The van der Waals surface area contributed by atoms with Gasteiger partial charge >= 0.3 is 0 Å². The van der Waals surface area contributed by atoms with Gasteiger partial charge in [0, 0.05) is 23.9 Å². The molecule has 2 aliphatic heterocycles. The largest absolute Gasteiger partial charge is 0.462 e. The molecule has 1 unspecified atom stereocenters. The van der Waals surface area contributed by atoms with Gasteiger partial charge in [0.15, 0.2) is 9.84 Å². The van der Waals surface area contributed by atoms with Crippen molar-refractivity contribution in [2.75, 3.05) is 11.6 Å². The Morgan fingerprint density at radius 3 is 2.59 bits per heavy atom. The minimum absolute atomic E-state index is 0.273. The summed E-state index contributed by atoms with van der Waals surface area (Å²) < 4.78 is 30.8. The smallest absolute Gasteiger partial charge is 0.221 e. The summed E-state index contributed by atoms with van der Waals surface area (Å²) in [5.74, 6) is 0.690. The molecule has 4 nitrogen and oxygen atoms in total. The van der Waals surface area contributed by atoms with Crippen LogP contribution in [0.5, 0.6) is 5.75 Å². The van der Waals surface area contributed by atoms with Crippen LogP contribution < -0.4 is 10.1 Å². The summed E-state index contributed by atoms with van der Waals surface area (Å²) in [6.45, 7) is 0. The van der Waals surface area contributed by atoms with Crippen molar-refractivity contribution in [1.82, 2.24) is 0 Å². The Morgan fingerprint density at radius 1 is 1.09 bits per heavy atom. The molecule has 0 saturated carbocycles. The zero-order chi connectivity index (χ0) is 15.4. The highest BCUT2D eigenvalue weighted by Gasteiger charge is 2.48. The SMILES string of the molecule is CS(=O)(=O)C1=Cc2ccccc2OC12Cc1ccccc1N2. The first-order valence-corrected chi connectivity index (χ1v) is 8.93. The molecule has 112 valence electrons. The molecule has 0 radical (unpaired) electrons. The first-order chi connectivity index (χ1) is 10.5. The van der Waals surface area contributed by atoms with Crippen LogP contribution in [0.2, 0.25) is 0 Å². The van der Waals surface area contributed by atoms with Gasteiger partial charge in [-0.25, -0.2) is 8.42 Å². The zero-order valence-corrected chi connectivity index (χ0v) is 12.9. The molecule has 22 heavy (non-hydrogen) atoms. The lowest BCUT2D eigenvalue weighted by Gasteiger charge is -2.36. The fourth-order valence-electron chi connectivity index (χ4n) is 3.13. The Labute approximate surface area is 129 Å². The lowest BCUT2D eigenvalue weighted by atomic mass is 10.0. The van der Waals surface area contributed by atoms with Crippen LogP contribution in [0.4, 0.5) is 5.69 Å². The molecule has 0 aromatic heterocycles. The molecule has 1 spiro atoms. The van der Waals surface area contributed by atoms with Crippen molar-refractivity contribution >= 4 is 21.6 Å². The maximum Gasteiger partial charge on any atom is 0.221 e. The Morgan fingerprint density at radius 2 is 1.82 bits per heavy atom. The molecule has 1 N–H and O–H groups in total. The maximum atomic E-state index is 12.3. The van der Waals surface area contributed by atoms with Crippen LogP contribution in [0, 0.1) is 0 Å². The predicted molar refractivity (Wildman–Crippen MR) is 86.4 cm³/mol. The highest BCUT2D eigenvalue weighted by molar-refractivity contribution is 7.94. The van der Waals surface area contributed by atoms with Crippen molar-refractivity contribution in [2.24, 2.45) is 0 Å². The summed E-state index contributed by atoms with van der Waals surface area (Å²) in [5, 5.41) is 3.28. The van der Waals surface area contributed by atoms with Gasteiger partial charge in [-0.15, -0.1) is 0 Å². The van der Waals surface area contributed by atoms with E-state index in [4.69, 9.17) is 4.74 Å². The van der Waals surface area contributed by atoms with E-state index in [9.17, 15) is 8.42 Å². The second-order valence-corrected chi connectivity index (χ2v) is 7.69. The summed E-state index contributed by atoms with van der Waals surface area (Å²) in [6, 6.07) is 15.3. The van der Waals surface area contributed by atoms with Crippen LogP contribution in [0.1, 0.15) is 11.1 Å². The number of rotatable bonds is 1. The fraction of sp³-hybridized carbons (Fsp3) is 0.176. The standard InChI is InChI=1S/C17H15NO3S/c1-22(19,20)16-10-12-6-3-5-9-15(12)21-17(16)11-13-7-2-4-8-14(13)18-17/h2-10,18H,11H2,1H3. The molecular formula is C17H15NO3S. The van der Waals surface area contributed by atoms with Crippen LogP contribution in [0.15, 0.2) is 53.4 Å². The third-order valence-electron chi connectivity index (χ3n) is 4.08. The summed E-state index contributed by atoms with van der Waals surface area (Å²) in [5.41, 5.74) is 1.70. The number of para-hydroxylation sites is 2. The average molecular weight is 313 g/mol. The Bertz CT molecular complexity index is 875. The lowest BCUT2D eigenvalue weighted by molar-refractivity contribution is 0.150. The molecule has 0 aliphatic carbocycles. The Kier molecular flexibility index (Phi) is 2.66. The zero-order valence-electron chi connectivity index (χ0n) is 12.0. The predicted octanol–water partition coefficient (Wildman–Crippen LogP) is 2.83. The molecule has 0 bridgehead atoms. The van der Waals surface area contributed by atoms with Crippen LogP contribution >= 0.6 is 0 Å². The number of fused-ring (bicyclic) bond motifs is 2. The van der Waals surface area contributed by atoms with E-state index in [1.165, 1.54) is 6.26 Å². The van der Waals surface area contributed by atoms with Crippen LogP contribution in [0.25, 0.3) is 6.08 Å². The molecular weight excluding hydrogens is 298 g/mol. The van der Waals surface area contributed by atoms with Crippen molar-refractivity contribution in [1.29, 1.82) is 0 Å². The van der Waals surface area contributed by atoms with Crippen molar-refractivity contribution in [3.05, 3.63) is 64.6 Å². The molecule has 2 heterocycles. The molecule has 5 heteroatoms. The summed E-state index contributed by atoms with van der Waals surface area (Å²) in [7, 11) is -3.40. The average Bonchev–Trinajstić information content (AvgIpc) is 2.83. The van der Waals surface area contributed by atoms with Gasteiger partial charge in [-0.3, -0.25) is 0 Å². The quantitative estimate of drug-likeness (QED) is 0.879. The van der Waals surface area contributed by atoms with Gasteiger partial charge in [-0.1, -0.05) is 36.4 Å². The molecule has 0 fully saturated rings. The highest BCUT2D eigenvalue weighted by Crippen LogP contribution is 2.44. The molecule has 4 rings (SSSR count). The maximum absolute atomic E-state index is 12.3. The molecule has 2 aromatic rings. The molecule has 1 atom stereocenters. The minimum atomic E-state index is -3.40. The van der Waals surface area contributed by atoms with E-state index < -0.39 is 15.6 Å². The van der Waals surface area contributed by atoms with Gasteiger partial charge in [0.2, 0.25) is 5.72 Å². The first kappa shape index (κ1) is 13.4. The van der Waals surface area contributed by atoms with E-state index in [0.717, 1.165) is 16.8 Å². The number of ether oxygens (including phenoxy) is 1. The number of hydrogen-bond acceptors (Lipinski definition) is 4. The van der Waals surface area contributed by atoms with E-state index in [2.05, 4.69) is 5.32 Å². The van der Waals surface area contributed by atoms with Crippen molar-refractivity contribution in [3.8, 4) is 5.75 Å². The molecule has 2 aliphatic rings. The van der Waals surface area contributed by atoms with E-state index in [1.54, 1.807) is 6.08 Å². The normalized spacial score (nSPS) is 22.3. The van der Waals surface area contributed by atoms with Crippen molar-refractivity contribution in [2.45, 2.75) is 12.1 Å². The van der Waals surface area contributed by atoms with E-state index in [1.807, 2.05) is 48.5 Å². The van der Waals surface area contributed by atoms with E-state index in [-0.39, 0.29) is 4.91 Å². The second-order valence-electron chi connectivity index (χ2n) is 5.71. The number of anilines is 1. The van der Waals surface area contributed by atoms with E-state index >= 15 is 0 Å². The van der Waals surface area contributed by atoms with Crippen molar-refractivity contribution < 1.29 is 13.2 Å². The van der Waals surface area contributed by atoms with Gasteiger partial charge in [-0.2, -0.15) is 0 Å². The topological polar surface area (TPSA) is 55.4 Å². The number of nitrogens with one attached hydrogen (secondary N) is 1. The summed E-state index contributed by atoms with van der Waals surface area (Å²) >= 11 is 0. The van der Waals surface area contributed by atoms with Gasteiger partial charge in [0.25, 0.3) is 0 Å². The summed E-state index contributed by atoms with van der Waals surface area (Å²) in [4.78, 5) is 0.273. The molecule has 2 aromatic carbocycles. The van der Waals surface area contributed by atoms with Crippen LogP contribution in [-0.4, -0.2) is 20.4 Å². The number of hydrogen-bond donors (Lipinski definition) is 1. The third kappa shape index (κ3) is 1.93.